The van der Waals surface area contributed by atoms with Gasteiger partial charge in [-0.3, -0.25) is 0 Å². The van der Waals surface area contributed by atoms with Crippen LogP contribution < -0.4 is 10.5 Å². The van der Waals surface area contributed by atoms with Crippen molar-refractivity contribution in [2.75, 3.05) is 13.7 Å². The SMILES string of the molecule is COc1ccc2oc(-c3cccc(CCN)c3)nc2c1. The minimum Gasteiger partial charge on any atom is -0.497 e. The summed E-state index contributed by atoms with van der Waals surface area (Å²) in [7, 11) is 1.64. The van der Waals surface area contributed by atoms with E-state index in [1.54, 1.807) is 7.11 Å². The van der Waals surface area contributed by atoms with E-state index in [-0.39, 0.29) is 0 Å². The van der Waals surface area contributed by atoms with Gasteiger partial charge < -0.3 is 14.9 Å². The predicted molar refractivity (Wildman–Crippen MR) is 78.8 cm³/mol. The van der Waals surface area contributed by atoms with Crippen LogP contribution in [0.15, 0.2) is 46.9 Å². The predicted octanol–water partition coefficient (Wildman–Crippen LogP) is 3.00. The van der Waals surface area contributed by atoms with Crippen molar-refractivity contribution in [1.29, 1.82) is 0 Å². The first-order valence-corrected chi connectivity index (χ1v) is 6.54. The molecule has 0 fully saturated rings. The van der Waals surface area contributed by atoms with Gasteiger partial charge in [-0.2, -0.15) is 0 Å². The van der Waals surface area contributed by atoms with Crippen LogP contribution in [0.5, 0.6) is 5.75 Å². The van der Waals surface area contributed by atoms with Crippen LogP contribution in [-0.2, 0) is 6.42 Å². The molecule has 4 nitrogen and oxygen atoms in total. The molecule has 2 aromatic carbocycles. The highest BCUT2D eigenvalue weighted by Gasteiger charge is 2.09. The average molecular weight is 268 g/mol. The molecule has 0 aliphatic rings. The number of nitrogens with two attached hydrogens (primary N) is 1. The second kappa shape index (κ2) is 5.35. The summed E-state index contributed by atoms with van der Waals surface area (Å²) in [6.45, 7) is 0.633. The maximum atomic E-state index is 5.79. The fourth-order valence-electron chi connectivity index (χ4n) is 2.18. The van der Waals surface area contributed by atoms with E-state index >= 15 is 0 Å². The van der Waals surface area contributed by atoms with Crippen LogP contribution in [0.4, 0.5) is 0 Å². The zero-order valence-electron chi connectivity index (χ0n) is 11.3. The number of benzene rings is 2. The number of aromatic nitrogens is 1. The lowest BCUT2D eigenvalue weighted by Gasteiger charge is -2.00. The fourth-order valence-corrected chi connectivity index (χ4v) is 2.18. The molecule has 0 amide bonds. The van der Waals surface area contributed by atoms with Crippen molar-refractivity contribution < 1.29 is 9.15 Å². The van der Waals surface area contributed by atoms with Gasteiger partial charge in [0.25, 0.3) is 0 Å². The lowest BCUT2D eigenvalue weighted by atomic mass is 10.1. The van der Waals surface area contributed by atoms with Gasteiger partial charge in [0.1, 0.15) is 11.3 Å². The first-order valence-electron chi connectivity index (χ1n) is 6.54. The van der Waals surface area contributed by atoms with Gasteiger partial charge in [-0.25, -0.2) is 4.98 Å². The van der Waals surface area contributed by atoms with Gasteiger partial charge in [0, 0.05) is 11.6 Å². The van der Waals surface area contributed by atoms with Gasteiger partial charge in [-0.15, -0.1) is 0 Å². The van der Waals surface area contributed by atoms with Crippen LogP contribution in [0, 0.1) is 0 Å². The topological polar surface area (TPSA) is 61.3 Å². The second-order valence-electron chi connectivity index (χ2n) is 4.59. The summed E-state index contributed by atoms with van der Waals surface area (Å²) >= 11 is 0. The molecule has 0 spiro atoms. The Hall–Kier alpha value is -2.33. The standard InChI is InChI=1S/C16H16N2O2/c1-19-13-5-6-15-14(10-13)18-16(20-15)12-4-2-3-11(9-12)7-8-17/h2-6,9-10H,7-8,17H2,1H3. The Morgan fingerprint density at radius 1 is 1.20 bits per heavy atom. The highest BCUT2D eigenvalue weighted by Crippen LogP contribution is 2.27. The quantitative estimate of drug-likeness (QED) is 0.790. The number of methoxy groups -OCH3 is 1. The molecule has 0 unspecified atom stereocenters. The van der Waals surface area contributed by atoms with E-state index in [9.17, 15) is 0 Å². The van der Waals surface area contributed by atoms with Gasteiger partial charge in [0.15, 0.2) is 5.58 Å². The molecule has 20 heavy (non-hydrogen) atoms. The lowest BCUT2D eigenvalue weighted by molar-refractivity contribution is 0.415. The normalized spacial score (nSPS) is 10.9. The molecule has 3 aromatic rings. The summed E-state index contributed by atoms with van der Waals surface area (Å²) < 4.78 is 11.0. The van der Waals surface area contributed by atoms with E-state index < -0.39 is 0 Å². The Morgan fingerprint density at radius 2 is 2.10 bits per heavy atom. The van der Waals surface area contributed by atoms with Gasteiger partial charge in [0.2, 0.25) is 5.89 Å². The third-order valence-electron chi connectivity index (χ3n) is 3.20. The molecule has 2 N–H and O–H groups in total. The van der Waals surface area contributed by atoms with Crippen molar-refractivity contribution in [3.8, 4) is 17.2 Å². The second-order valence-corrected chi connectivity index (χ2v) is 4.59. The van der Waals surface area contributed by atoms with E-state index in [2.05, 4.69) is 17.1 Å². The van der Waals surface area contributed by atoms with Gasteiger partial charge in [-0.1, -0.05) is 12.1 Å². The molecule has 0 radical (unpaired) electrons. The largest absolute Gasteiger partial charge is 0.497 e. The van der Waals surface area contributed by atoms with Crippen LogP contribution in [-0.4, -0.2) is 18.6 Å². The maximum absolute atomic E-state index is 5.79. The number of rotatable bonds is 4. The van der Waals surface area contributed by atoms with Crippen LogP contribution in [0.1, 0.15) is 5.56 Å². The number of nitrogens with zero attached hydrogens (tertiary/aromatic N) is 1. The molecule has 102 valence electrons. The molecule has 0 bridgehead atoms. The van der Waals surface area contributed by atoms with Crippen LogP contribution >= 0.6 is 0 Å². The molecular weight excluding hydrogens is 252 g/mol. The van der Waals surface area contributed by atoms with E-state index in [1.807, 2.05) is 30.3 Å². The van der Waals surface area contributed by atoms with Crippen molar-refractivity contribution in [2.45, 2.75) is 6.42 Å². The smallest absolute Gasteiger partial charge is 0.227 e. The lowest BCUT2D eigenvalue weighted by Crippen LogP contribution is -2.02. The molecule has 0 saturated carbocycles. The summed E-state index contributed by atoms with van der Waals surface area (Å²) in [5, 5.41) is 0. The van der Waals surface area contributed by atoms with E-state index in [0.717, 1.165) is 28.8 Å². The minimum absolute atomic E-state index is 0.618. The Balaban J connectivity index is 2.03. The summed E-state index contributed by atoms with van der Waals surface area (Å²) in [6, 6.07) is 13.7. The van der Waals surface area contributed by atoms with Crippen molar-refractivity contribution in [3.05, 3.63) is 48.0 Å². The molecule has 0 aliphatic carbocycles. The maximum Gasteiger partial charge on any atom is 0.227 e. The van der Waals surface area contributed by atoms with Crippen molar-refractivity contribution in [3.63, 3.8) is 0 Å². The number of fused-ring (bicyclic) bond motifs is 1. The Morgan fingerprint density at radius 3 is 2.90 bits per heavy atom. The molecule has 3 rings (SSSR count). The number of hydrogen-bond donors (Lipinski definition) is 1. The number of ether oxygens (including phenoxy) is 1. The van der Waals surface area contributed by atoms with E-state index in [1.165, 1.54) is 5.56 Å². The Labute approximate surface area is 117 Å². The number of oxazole rings is 1. The number of hydrogen-bond acceptors (Lipinski definition) is 4. The third kappa shape index (κ3) is 2.38. The molecular formula is C16H16N2O2. The van der Waals surface area contributed by atoms with Crippen molar-refractivity contribution in [2.24, 2.45) is 5.73 Å². The highest BCUT2D eigenvalue weighted by molar-refractivity contribution is 5.77. The molecule has 1 heterocycles. The minimum atomic E-state index is 0.618. The monoisotopic (exact) mass is 268 g/mol. The van der Waals surface area contributed by atoms with Crippen LogP contribution in [0.2, 0.25) is 0 Å². The van der Waals surface area contributed by atoms with Gasteiger partial charge >= 0.3 is 0 Å². The zero-order chi connectivity index (χ0) is 13.9. The van der Waals surface area contributed by atoms with Crippen molar-refractivity contribution in [1.82, 2.24) is 4.98 Å². The van der Waals surface area contributed by atoms with Crippen LogP contribution in [0.3, 0.4) is 0 Å². The van der Waals surface area contributed by atoms with E-state index in [0.29, 0.717) is 12.4 Å². The highest BCUT2D eigenvalue weighted by atomic mass is 16.5. The zero-order valence-corrected chi connectivity index (χ0v) is 11.3. The molecule has 0 atom stereocenters. The molecule has 0 saturated heterocycles. The van der Waals surface area contributed by atoms with Gasteiger partial charge in [0.05, 0.1) is 7.11 Å². The summed E-state index contributed by atoms with van der Waals surface area (Å²) in [5.41, 5.74) is 9.29. The Kier molecular flexibility index (Phi) is 3.39. The first-order chi connectivity index (χ1) is 9.80. The Bertz CT molecular complexity index is 734. The fraction of sp³-hybridized carbons (Fsp3) is 0.188. The van der Waals surface area contributed by atoms with Gasteiger partial charge in [-0.05, 0) is 42.8 Å². The first kappa shape index (κ1) is 12.7. The average Bonchev–Trinajstić information content (AvgIpc) is 2.90. The molecule has 0 aliphatic heterocycles. The summed E-state index contributed by atoms with van der Waals surface area (Å²) in [5.74, 6) is 1.39. The van der Waals surface area contributed by atoms with Crippen molar-refractivity contribution >= 4 is 11.1 Å². The molecule has 4 heteroatoms. The van der Waals surface area contributed by atoms with E-state index in [4.69, 9.17) is 14.9 Å². The van der Waals surface area contributed by atoms with Crippen LogP contribution in [0.25, 0.3) is 22.6 Å². The third-order valence-corrected chi connectivity index (χ3v) is 3.20. The summed E-state index contributed by atoms with van der Waals surface area (Å²) in [4.78, 5) is 4.51. The molecule has 1 aromatic heterocycles. The summed E-state index contributed by atoms with van der Waals surface area (Å²) in [6.07, 6.45) is 0.849.